The van der Waals surface area contributed by atoms with Gasteiger partial charge >= 0.3 is 36.9 Å². The summed E-state index contributed by atoms with van der Waals surface area (Å²) >= 11 is 0. The van der Waals surface area contributed by atoms with Crippen molar-refractivity contribution in [2.24, 2.45) is 0 Å². The Balaban J connectivity index is 0. The van der Waals surface area contributed by atoms with Crippen molar-refractivity contribution in [3.8, 4) is 0 Å². The van der Waals surface area contributed by atoms with Gasteiger partial charge in [0, 0.05) is 0 Å². The van der Waals surface area contributed by atoms with Crippen molar-refractivity contribution in [3.05, 3.63) is 0 Å². The quantitative estimate of drug-likeness (QED) is 0.386. The summed E-state index contributed by atoms with van der Waals surface area (Å²) in [6, 6.07) is 0. The first kappa shape index (κ1) is 9.98. The van der Waals surface area contributed by atoms with E-state index in [1.54, 1.807) is 0 Å². The molecule has 0 aliphatic heterocycles. The Morgan fingerprint density at radius 2 is 1.67 bits per heavy atom. The summed E-state index contributed by atoms with van der Waals surface area (Å²) in [5.74, 6) is 0. The Bertz CT molecular complexity index is 24.8. The fourth-order valence-corrected chi connectivity index (χ4v) is 0. The van der Waals surface area contributed by atoms with Crippen molar-refractivity contribution in [2.75, 3.05) is 0 Å². The van der Waals surface area contributed by atoms with Gasteiger partial charge in [0.05, 0.1) is 0 Å². The summed E-state index contributed by atoms with van der Waals surface area (Å²) in [6.45, 7) is 0. The summed E-state index contributed by atoms with van der Waals surface area (Å²) < 4.78 is 10.1. The van der Waals surface area contributed by atoms with Crippen molar-refractivity contribution in [3.63, 3.8) is 0 Å². The van der Waals surface area contributed by atoms with E-state index < -0.39 is 7.32 Å². The summed E-state index contributed by atoms with van der Waals surface area (Å²) in [4.78, 5) is 2.36. The molecule has 0 aromatic rings. The zero-order valence-corrected chi connectivity index (χ0v) is 2.26. The van der Waals surface area contributed by atoms with E-state index in [2.05, 4.69) is 4.86 Å². The van der Waals surface area contributed by atoms with Gasteiger partial charge in [-0.1, -0.05) is 4.53 Å². The molecule has 0 spiro atoms. The van der Waals surface area contributed by atoms with E-state index in [0.29, 0.717) is 0 Å². The number of halogens is 1. The molecule has 0 aromatic carbocycles. The van der Waals surface area contributed by atoms with Crippen molar-refractivity contribution >= 4 is 36.9 Å². The fraction of sp³-hybridized carbons (Fsp3) is 0. The second-order valence-corrected chi connectivity index (χ2v) is 0.415. The van der Waals surface area contributed by atoms with Gasteiger partial charge < -0.3 is 10.0 Å². The van der Waals surface area contributed by atoms with Crippen LogP contribution in [0.5, 0.6) is 0 Å². The van der Waals surface area contributed by atoms with Gasteiger partial charge in [-0.3, -0.25) is 0 Å². The summed E-state index contributed by atoms with van der Waals surface area (Å²) in [7, 11) is -2.28. The molecule has 0 fully saturated rings. The Kier molecular flexibility index (Phi) is 9.78. The van der Waals surface area contributed by atoms with Crippen molar-refractivity contribution in [2.45, 2.75) is 0 Å². The van der Waals surface area contributed by atoms with E-state index in [0.717, 1.165) is 0 Å². The summed E-state index contributed by atoms with van der Waals surface area (Å²) in [5.41, 5.74) is 0. The van der Waals surface area contributed by atoms with Crippen LogP contribution < -0.4 is 0 Å². The van der Waals surface area contributed by atoms with Gasteiger partial charge in [-0.2, -0.15) is 4.86 Å². The van der Waals surface area contributed by atoms with Crippen LogP contribution in [0.15, 0.2) is 0 Å². The molecule has 0 saturated carbocycles. The van der Waals surface area contributed by atoms with Crippen LogP contribution in [-0.4, -0.2) is 46.9 Å². The van der Waals surface area contributed by atoms with Crippen LogP contribution in [0.1, 0.15) is 0 Å². The number of rotatable bonds is 1. The SMILES string of the molecule is OB(O)OF.[NaH]. The maximum atomic E-state index is 10.1. The first-order valence-electron chi connectivity index (χ1n) is 0.906. The average Bonchev–Trinajstić information content (AvgIpc) is 1.38. The molecule has 3 nitrogen and oxygen atoms in total. The van der Waals surface area contributed by atoms with Gasteiger partial charge in [0.25, 0.3) is 0 Å². The van der Waals surface area contributed by atoms with Crippen molar-refractivity contribution in [1.82, 2.24) is 0 Å². The molecular formula is H3BFNaO3. The second-order valence-electron chi connectivity index (χ2n) is 0.415. The Labute approximate surface area is 56.5 Å². The molecule has 0 radical (unpaired) electrons. The Morgan fingerprint density at radius 3 is 1.67 bits per heavy atom. The van der Waals surface area contributed by atoms with Gasteiger partial charge in [0.1, 0.15) is 0 Å². The first-order valence-corrected chi connectivity index (χ1v) is 0.906. The van der Waals surface area contributed by atoms with E-state index in [1.165, 1.54) is 0 Å². The van der Waals surface area contributed by atoms with Gasteiger partial charge in [0.15, 0.2) is 0 Å². The van der Waals surface area contributed by atoms with Crippen LogP contribution in [0.2, 0.25) is 0 Å². The van der Waals surface area contributed by atoms with Crippen molar-refractivity contribution in [1.29, 1.82) is 0 Å². The van der Waals surface area contributed by atoms with Gasteiger partial charge in [-0.05, 0) is 0 Å². The monoisotopic (exact) mass is 104 g/mol. The molecular weight excluding hydrogens is 101 g/mol. The Morgan fingerprint density at radius 1 is 1.50 bits per heavy atom. The summed E-state index contributed by atoms with van der Waals surface area (Å²) in [5, 5.41) is 14.6. The van der Waals surface area contributed by atoms with Crippen LogP contribution >= 0.6 is 0 Å². The van der Waals surface area contributed by atoms with Crippen LogP contribution in [0.25, 0.3) is 0 Å². The molecule has 0 rings (SSSR count). The minimum atomic E-state index is -2.28. The van der Waals surface area contributed by atoms with E-state index >= 15 is 0 Å². The van der Waals surface area contributed by atoms with E-state index in [-0.39, 0.29) is 29.6 Å². The molecule has 0 bridgehead atoms. The zero-order chi connectivity index (χ0) is 4.28. The third-order valence-electron chi connectivity index (χ3n) is 0.0797. The molecule has 0 atom stereocenters. The molecule has 0 aromatic heterocycles. The van der Waals surface area contributed by atoms with E-state index in [1.807, 2.05) is 0 Å². The van der Waals surface area contributed by atoms with Crippen LogP contribution in [0.4, 0.5) is 4.53 Å². The number of hydrogen-bond donors (Lipinski definition) is 2. The standard InChI is InChI=1S/BFH2O3.Na.H/c2-5-1(3)4;;/h3-4H;;. The maximum absolute atomic E-state index is 10.1. The normalized spacial score (nSPS) is 6.50. The fourth-order valence-electron chi connectivity index (χ4n) is 0. The third kappa shape index (κ3) is 8.86. The van der Waals surface area contributed by atoms with Gasteiger partial charge in [-0.25, -0.2) is 0 Å². The Hall–Kier alpha value is 0.875. The molecule has 2 N–H and O–H groups in total. The molecule has 0 amide bonds. The third-order valence-corrected chi connectivity index (χ3v) is 0.0797. The molecule has 32 valence electrons. The van der Waals surface area contributed by atoms with Gasteiger partial charge in [0.2, 0.25) is 0 Å². The molecule has 0 heterocycles. The summed E-state index contributed by atoms with van der Waals surface area (Å²) in [6.07, 6.45) is 0. The molecule has 0 aliphatic rings. The topological polar surface area (TPSA) is 49.7 Å². The average molecular weight is 104 g/mol. The van der Waals surface area contributed by atoms with Crippen LogP contribution in [0.3, 0.4) is 0 Å². The molecule has 6 heteroatoms. The zero-order valence-electron chi connectivity index (χ0n) is 2.26. The molecule has 0 aliphatic carbocycles. The second kappa shape index (κ2) is 5.87. The minimum absolute atomic E-state index is 0. The van der Waals surface area contributed by atoms with Gasteiger partial charge in [-0.15, -0.1) is 0 Å². The van der Waals surface area contributed by atoms with Crippen molar-refractivity contribution < 1.29 is 19.4 Å². The molecule has 6 heavy (non-hydrogen) atoms. The predicted molar refractivity (Wildman–Crippen MR) is 19.5 cm³/mol. The molecule has 0 unspecified atom stereocenters. The van der Waals surface area contributed by atoms with E-state index in [4.69, 9.17) is 10.0 Å². The first-order chi connectivity index (χ1) is 2.27. The van der Waals surface area contributed by atoms with Crippen LogP contribution in [-0.2, 0) is 4.86 Å². The van der Waals surface area contributed by atoms with Crippen LogP contribution in [0, 0.1) is 0 Å². The number of hydrogen-bond acceptors (Lipinski definition) is 3. The molecule has 0 saturated heterocycles. The van der Waals surface area contributed by atoms with E-state index in [9.17, 15) is 4.53 Å². The predicted octanol–water partition coefficient (Wildman–Crippen LogP) is -1.79.